The molecule has 0 aromatic rings. The van der Waals surface area contributed by atoms with E-state index >= 15 is 0 Å². The lowest BCUT2D eigenvalue weighted by Crippen LogP contribution is -2.09. The van der Waals surface area contributed by atoms with Crippen molar-refractivity contribution in [1.29, 1.82) is 5.41 Å². The Morgan fingerprint density at radius 3 is 2.36 bits per heavy atom. The summed E-state index contributed by atoms with van der Waals surface area (Å²) < 4.78 is 0. The molecule has 0 unspecified atom stereocenters. The second kappa shape index (κ2) is 2.82. The Hall–Kier alpha value is -1.18. The summed E-state index contributed by atoms with van der Waals surface area (Å²) in [6.45, 7) is 3.90. The van der Waals surface area contributed by atoms with Gasteiger partial charge in [-0.3, -0.25) is 4.99 Å². The Morgan fingerprint density at radius 1 is 1.18 bits per heavy atom. The Balaban J connectivity index is 3.08. The van der Waals surface area contributed by atoms with E-state index in [1.807, 2.05) is 26.0 Å². The average Bonchev–Trinajstić information content (AvgIpc) is 1.97. The van der Waals surface area contributed by atoms with E-state index in [1.165, 1.54) is 0 Å². The summed E-state index contributed by atoms with van der Waals surface area (Å²) in [6, 6.07) is 0. The number of hydrogen-bond acceptors (Lipinski definition) is 2. The minimum absolute atomic E-state index is 0.593. The van der Waals surface area contributed by atoms with Gasteiger partial charge in [-0.25, -0.2) is 0 Å². The van der Waals surface area contributed by atoms with Crippen molar-refractivity contribution in [2.45, 2.75) is 13.8 Å². The van der Waals surface area contributed by atoms with Crippen molar-refractivity contribution >= 4 is 11.4 Å². The zero-order chi connectivity index (χ0) is 8.43. The highest BCUT2D eigenvalue weighted by Gasteiger charge is 2.08. The quantitative estimate of drug-likeness (QED) is 0.510. The Bertz CT molecular complexity index is 280. The first kappa shape index (κ1) is 7.92. The number of allylic oxidation sites excluding steroid dienone is 4. The second-order valence-corrected chi connectivity index (χ2v) is 2.68. The lowest BCUT2D eigenvalue weighted by molar-refractivity contribution is 1.38. The summed E-state index contributed by atoms with van der Waals surface area (Å²) in [5.74, 6) is 0. The lowest BCUT2D eigenvalue weighted by atomic mass is 9.98. The molecule has 0 saturated heterocycles. The summed E-state index contributed by atoms with van der Waals surface area (Å²) in [7, 11) is 1.77. The number of nitrogens with zero attached hydrogens (tertiary/aromatic N) is 1. The minimum Gasteiger partial charge on any atom is -0.301 e. The van der Waals surface area contributed by atoms with Crippen LogP contribution in [0.1, 0.15) is 13.8 Å². The van der Waals surface area contributed by atoms with Gasteiger partial charge in [0.2, 0.25) is 0 Å². The molecule has 1 aliphatic rings. The fraction of sp³-hybridized carbons (Fsp3) is 0.333. The molecule has 1 N–H and O–H groups in total. The fourth-order valence-corrected chi connectivity index (χ4v) is 1.04. The molecule has 0 heterocycles. The van der Waals surface area contributed by atoms with Crippen molar-refractivity contribution in [3.63, 3.8) is 0 Å². The van der Waals surface area contributed by atoms with Gasteiger partial charge in [0, 0.05) is 7.05 Å². The van der Waals surface area contributed by atoms with Crippen molar-refractivity contribution in [1.82, 2.24) is 0 Å². The Kier molecular flexibility index (Phi) is 2.03. The van der Waals surface area contributed by atoms with Gasteiger partial charge in [-0.1, -0.05) is 0 Å². The molecule has 0 atom stereocenters. The highest BCUT2D eigenvalue weighted by atomic mass is 14.7. The van der Waals surface area contributed by atoms with Crippen LogP contribution in [-0.4, -0.2) is 18.5 Å². The van der Waals surface area contributed by atoms with E-state index < -0.39 is 0 Å². The van der Waals surface area contributed by atoms with Crippen LogP contribution in [0.4, 0.5) is 0 Å². The predicted molar refractivity (Wildman–Crippen MR) is 48.6 cm³/mol. The van der Waals surface area contributed by atoms with E-state index in [4.69, 9.17) is 5.41 Å². The standard InChI is InChI=1S/C9H12N2/c1-6-5-9(11-3)7(2)4-8(6)10/h4-5,10H,1-3H3. The van der Waals surface area contributed by atoms with Crippen LogP contribution in [0, 0.1) is 5.41 Å². The molecule has 11 heavy (non-hydrogen) atoms. The van der Waals surface area contributed by atoms with Crippen molar-refractivity contribution < 1.29 is 0 Å². The van der Waals surface area contributed by atoms with Gasteiger partial charge >= 0.3 is 0 Å². The van der Waals surface area contributed by atoms with Crippen molar-refractivity contribution in [2.24, 2.45) is 4.99 Å². The molecule has 0 bridgehead atoms. The van der Waals surface area contributed by atoms with Crippen LogP contribution >= 0.6 is 0 Å². The first-order valence-corrected chi connectivity index (χ1v) is 3.58. The smallest absolute Gasteiger partial charge is 0.0604 e. The van der Waals surface area contributed by atoms with Gasteiger partial charge in [-0.2, -0.15) is 0 Å². The maximum Gasteiger partial charge on any atom is 0.0604 e. The Labute approximate surface area is 66.9 Å². The van der Waals surface area contributed by atoms with Crippen molar-refractivity contribution in [3.05, 3.63) is 23.3 Å². The van der Waals surface area contributed by atoms with Gasteiger partial charge in [0.1, 0.15) is 0 Å². The van der Waals surface area contributed by atoms with E-state index in [0.29, 0.717) is 5.71 Å². The third-order valence-corrected chi connectivity index (χ3v) is 1.78. The minimum atomic E-state index is 0.593. The second-order valence-electron chi connectivity index (χ2n) is 2.68. The van der Waals surface area contributed by atoms with Crippen molar-refractivity contribution in [2.75, 3.05) is 7.05 Å². The topological polar surface area (TPSA) is 36.2 Å². The van der Waals surface area contributed by atoms with E-state index in [9.17, 15) is 0 Å². The molecule has 0 spiro atoms. The molecule has 2 heteroatoms. The number of nitrogens with one attached hydrogen (secondary N) is 1. The molecule has 2 nitrogen and oxygen atoms in total. The summed E-state index contributed by atoms with van der Waals surface area (Å²) in [4.78, 5) is 4.09. The van der Waals surface area contributed by atoms with Gasteiger partial charge in [-0.05, 0) is 37.1 Å². The molecule has 0 aliphatic heterocycles. The highest BCUT2D eigenvalue weighted by Crippen LogP contribution is 2.11. The molecule has 0 saturated carbocycles. The number of rotatable bonds is 0. The lowest BCUT2D eigenvalue weighted by Gasteiger charge is -2.09. The molecular weight excluding hydrogens is 136 g/mol. The van der Waals surface area contributed by atoms with Crippen LogP contribution in [0.5, 0.6) is 0 Å². The molecular formula is C9H12N2. The van der Waals surface area contributed by atoms with Gasteiger partial charge in [0.15, 0.2) is 0 Å². The van der Waals surface area contributed by atoms with Gasteiger partial charge < -0.3 is 5.41 Å². The SMILES string of the molecule is CN=C1C=C(C)C(=N)C=C1C. The first-order chi connectivity index (χ1) is 5.15. The van der Waals surface area contributed by atoms with Crippen molar-refractivity contribution in [3.8, 4) is 0 Å². The number of hydrogen-bond donors (Lipinski definition) is 1. The molecule has 0 aromatic carbocycles. The molecule has 1 aliphatic carbocycles. The normalized spacial score (nSPS) is 21.7. The van der Waals surface area contributed by atoms with Gasteiger partial charge in [0.05, 0.1) is 11.4 Å². The predicted octanol–water partition coefficient (Wildman–Crippen LogP) is 1.98. The van der Waals surface area contributed by atoms with E-state index in [1.54, 1.807) is 7.05 Å². The van der Waals surface area contributed by atoms with Crippen LogP contribution in [0.15, 0.2) is 28.3 Å². The maximum atomic E-state index is 7.49. The summed E-state index contributed by atoms with van der Waals surface area (Å²) in [5.41, 5.74) is 3.63. The average molecular weight is 148 g/mol. The molecule has 0 radical (unpaired) electrons. The molecule has 58 valence electrons. The molecule has 1 rings (SSSR count). The van der Waals surface area contributed by atoms with Gasteiger partial charge in [0.25, 0.3) is 0 Å². The fourth-order valence-electron chi connectivity index (χ4n) is 1.04. The zero-order valence-corrected chi connectivity index (χ0v) is 7.10. The van der Waals surface area contributed by atoms with Crippen LogP contribution < -0.4 is 0 Å². The van der Waals surface area contributed by atoms with E-state index in [0.717, 1.165) is 16.9 Å². The summed E-state index contributed by atoms with van der Waals surface area (Å²) in [6.07, 6.45) is 3.79. The molecule has 0 amide bonds. The van der Waals surface area contributed by atoms with Crippen LogP contribution in [0.3, 0.4) is 0 Å². The third kappa shape index (κ3) is 1.45. The van der Waals surface area contributed by atoms with Gasteiger partial charge in [-0.15, -0.1) is 0 Å². The third-order valence-electron chi connectivity index (χ3n) is 1.78. The molecule has 0 fully saturated rings. The molecule has 0 aromatic heterocycles. The summed E-state index contributed by atoms with van der Waals surface area (Å²) >= 11 is 0. The van der Waals surface area contributed by atoms with Crippen LogP contribution in [0.25, 0.3) is 0 Å². The van der Waals surface area contributed by atoms with E-state index in [2.05, 4.69) is 4.99 Å². The largest absolute Gasteiger partial charge is 0.301 e. The van der Waals surface area contributed by atoms with E-state index in [-0.39, 0.29) is 0 Å². The number of aliphatic imine (C=N–C) groups is 1. The zero-order valence-electron chi connectivity index (χ0n) is 7.10. The Morgan fingerprint density at radius 2 is 1.82 bits per heavy atom. The monoisotopic (exact) mass is 148 g/mol. The van der Waals surface area contributed by atoms with Crippen LogP contribution in [0.2, 0.25) is 0 Å². The summed E-state index contributed by atoms with van der Waals surface area (Å²) in [5, 5.41) is 7.49. The first-order valence-electron chi connectivity index (χ1n) is 3.58. The maximum absolute atomic E-state index is 7.49. The van der Waals surface area contributed by atoms with Crippen LogP contribution in [-0.2, 0) is 0 Å². The highest BCUT2D eigenvalue weighted by molar-refractivity contribution is 6.22.